The number of nitrogens with one attached hydrogen (secondary N) is 2. The summed E-state index contributed by atoms with van der Waals surface area (Å²) in [4.78, 5) is 10.9. The number of primary amides is 1. The van der Waals surface area contributed by atoms with E-state index in [9.17, 15) is 9.18 Å². The summed E-state index contributed by atoms with van der Waals surface area (Å²) >= 11 is 0. The van der Waals surface area contributed by atoms with Gasteiger partial charge < -0.3 is 16.4 Å². The Bertz CT molecular complexity index is 467. The highest BCUT2D eigenvalue weighted by molar-refractivity contribution is 5.93. The summed E-state index contributed by atoms with van der Waals surface area (Å²) in [7, 11) is 0. The summed E-state index contributed by atoms with van der Waals surface area (Å²) in [6.45, 7) is 2.01. The van der Waals surface area contributed by atoms with Gasteiger partial charge in [0.15, 0.2) is 0 Å². The number of hydrogen-bond acceptors (Lipinski definition) is 3. The summed E-state index contributed by atoms with van der Waals surface area (Å²) < 4.78 is 13.7. The van der Waals surface area contributed by atoms with E-state index < -0.39 is 11.7 Å². The fraction of sp³-hybridized carbons (Fsp3) is 0.417. The lowest BCUT2D eigenvalue weighted by atomic mass is 10.2. The molecule has 4 N–H and O–H groups in total. The van der Waals surface area contributed by atoms with Gasteiger partial charge in [-0.1, -0.05) is 0 Å². The van der Waals surface area contributed by atoms with Crippen molar-refractivity contribution in [3.63, 3.8) is 0 Å². The van der Waals surface area contributed by atoms with E-state index >= 15 is 0 Å². The Morgan fingerprint density at radius 1 is 1.41 bits per heavy atom. The van der Waals surface area contributed by atoms with Gasteiger partial charge in [-0.3, -0.25) is 4.79 Å². The van der Waals surface area contributed by atoms with E-state index in [1.54, 1.807) is 12.1 Å². The maximum atomic E-state index is 13.7. The van der Waals surface area contributed by atoms with E-state index in [1.165, 1.54) is 6.07 Å². The first-order chi connectivity index (χ1) is 8.16. The van der Waals surface area contributed by atoms with Crippen molar-refractivity contribution < 1.29 is 9.18 Å². The van der Waals surface area contributed by atoms with Crippen LogP contribution in [0.25, 0.3) is 0 Å². The number of nitrogens with two attached hydrogens (primary N) is 1. The number of halogens is 1. The number of carbonyl (C=O) groups is 1. The Hall–Kier alpha value is -1.62. The molecular weight excluding hydrogens is 221 g/mol. The van der Waals surface area contributed by atoms with Gasteiger partial charge in [-0.15, -0.1) is 0 Å². The Morgan fingerprint density at radius 3 is 2.71 bits per heavy atom. The molecule has 0 spiro atoms. The third-order valence-electron chi connectivity index (χ3n) is 3.67. The molecule has 1 aromatic rings. The normalized spacial score (nSPS) is 29.8. The van der Waals surface area contributed by atoms with Crippen molar-refractivity contribution in [2.45, 2.75) is 6.04 Å². The summed E-state index contributed by atoms with van der Waals surface area (Å²) in [5, 5.41) is 6.47. The van der Waals surface area contributed by atoms with Gasteiger partial charge in [-0.2, -0.15) is 0 Å². The molecule has 2 atom stereocenters. The van der Waals surface area contributed by atoms with Crippen LogP contribution < -0.4 is 16.4 Å². The maximum Gasteiger partial charge on any atom is 0.248 e. The van der Waals surface area contributed by atoms with Gasteiger partial charge in [0.1, 0.15) is 5.82 Å². The summed E-state index contributed by atoms with van der Waals surface area (Å²) in [6.07, 6.45) is 0. The molecule has 90 valence electrons. The van der Waals surface area contributed by atoms with Crippen LogP contribution in [0.4, 0.5) is 10.1 Å². The van der Waals surface area contributed by atoms with Crippen molar-refractivity contribution in [3.05, 3.63) is 29.6 Å². The molecule has 1 saturated heterocycles. The Labute approximate surface area is 98.4 Å². The van der Waals surface area contributed by atoms with Gasteiger partial charge in [-0.05, 0) is 30.0 Å². The van der Waals surface area contributed by atoms with Crippen molar-refractivity contribution in [2.24, 2.45) is 17.6 Å². The van der Waals surface area contributed by atoms with Gasteiger partial charge in [0.25, 0.3) is 0 Å². The number of amides is 1. The van der Waals surface area contributed by atoms with Crippen LogP contribution in [0.1, 0.15) is 10.4 Å². The van der Waals surface area contributed by atoms with E-state index in [2.05, 4.69) is 10.6 Å². The van der Waals surface area contributed by atoms with Crippen molar-refractivity contribution in [1.82, 2.24) is 5.32 Å². The lowest BCUT2D eigenvalue weighted by molar-refractivity contribution is 0.1000. The predicted octanol–water partition coefficient (Wildman–Crippen LogP) is 0.554. The van der Waals surface area contributed by atoms with E-state index in [-0.39, 0.29) is 5.56 Å². The van der Waals surface area contributed by atoms with Crippen LogP contribution in [0.5, 0.6) is 0 Å². The summed E-state index contributed by atoms with van der Waals surface area (Å²) in [5.74, 6) is 0.206. The molecule has 1 aliphatic heterocycles. The van der Waals surface area contributed by atoms with Crippen LogP contribution in [0.15, 0.2) is 18.2 Å². The standard InChI is InChI=1S/C12H14FN3O/c13-9-3-6(12(14)17)1-2-10(9)16-11-7-4-15-5-8(7)11/h1-3,7-8,11,15-16H,4-5H2,(H2,14,17). The van der Waals surface area contributed by atoms with E-state index in [1.807, 2.05) is 0 Å². The second kappa shape index (κ2) is 3.70. The quantitative estimate of drug-likeness (QED) is 0.717. The highest BCUT2D eigenvalue weighted by Gasteiger charge is 2.53. The molecule has 2 unspecified atom stereocenters. The first kappa shape index (κ1) is 10.5. The number of piperidine rings is 1. The minimum absolute atomic E-state index is 0.200. The number of anilines is 1. The number of fused-ring (bicyclic) bond motifs is 1. The fourth-order valence-electron chi connectivity index (χ4n) is 2.60. The van der Waals surface area contributed by atoms with Gasteiger partial charge in [-0.25, -0.2) is 4.39 Å². The van der Waals surface area contributed by atoms with Gasteiger partial charge in [0.2, 0.25) is 5.91 Å². The first-order valence-corrected chi connectivity index (χ1v) is 5.73. The number of rotatable bonds is 3. The van der Waals surface area contributed by atoms with E-state index in [4.69, 9.17) is 5.73 Å². The average Bonchev–Trinajstić information content (AvgIpc) is 2.74. The van der Waals surface area contributed by atoms with Crippen molar-refractivity contribution in [3.8, 4) is 0 Å². The minimum Gasteiger partial charge on any atom is -0.379 e. The molecule has 1 aromatic carbocycles. The topological polar surface area (TPSA) is 67.2 Å². The van der Waals surface area contributed by atoms with Crippen LogP contribution in [-0.2, 0) is 0 Å². The van der Waals surface area contributed by atoms with Gasteiger partial charge >= 0.3 is 0 Å². The maximum absolute atomic E-state index is 13.7. The molecule has 2 aliphatic rings. The molecule has 17 heavy (non-hydrogen) atoms. The second-order valence-corrected chi connectivity index (χ2v) is 4.71. The summed E-state index contributed by atoms with van der Waals surface area (Å²) in [5.41, 5.74) is 5.74. The lowest BCUT2D eigenvalue weighted by Crippen LogP contribution is -2.22. The number of benzene rings is 1. The minimum atomic E-state index is -0.608. The first-order valence-electron chi connectivity index (χ1n) is 5.73. The van der Waals surface area contributed by atoms with Gasteiger partial charge in [0.05, 0.1) is 5.69 Å². The molecule has 3 rings (SSSR count). The lowest BCUT2D eigenvalue weighted by Gasteiger charge is -2.10. The van der Waals surface area contributed by atoms with Crippen molar-refractivity contribution >= 4 is 11.6 Å². The van der Waals surface area contributed by atoms with Crippen molar-refractivity contribution in [2.75, 3.05) is 18.4 Å². The van der Waals surface area contributed by atoms with Crippen LogP contribution in [0, 0.1) is 17.7 Å². The number of hydrogen-bond donors (Lipinski definition) is 3. The average molecular weight is 235 g/mol. The Balaban J connectivity index is 1.73. The second-order valence-electron chi connectivity index (χ2n) is 4.71. The molecular formula is C12H14FN3O. The molecule has 1 heterocycles. The molecule has 0 bridgehead atoms. The largest absolute Gasteiger partial charge is 0.379 e. The smallest absolute Gasteiger partial charge is 0.248 e. The molecule has 1 saturated carbocycles. The van der Waals surface area contributed by atoms with Crippen LogP contribution in [0.3, 0.4) is 0 Å². The third kappa shape index (κ3) is 1.76. The monoisotopic (exact) mass is 235 g/mol. The molecule has 0 radical (unpaired) electrons. The molecule has 1 amide bonds. The van der Waals surface area contributed by atoms with E-state index in [0.717, 1.165) is 13.1 Å². The van der Waals surface area contributed by atoms with Gasteiger partial charge in [0, 0.05) is 24.7 Å². The zero-order valence-electron chi connectivity index (χ0n) is 9.24. The Kier molecular flexibility index (Phi) is 2.29. The predicted molar refractivity (Wildman–Crippen MR) is 62.2 cm³/mol. The summed E-state index contributed by atoms with van der Waals surface area (Å²) in [6, 6.07) is 4.67. The highest BCUT2D eigenvalue weighted by atomic mass is 19.1. The van der Waals surface area contributed by atoms with Crippen molar-refractivity contribution in [1.29, 1.82) is 0 Å². The molecule has 4 nitrogen and oxygen atoms in total. The van der Waals surface area contributed by atoms with E-state index in [0.29, 0.717) is 23.6 Å². The third-order valence-corrected chi connectivity index (χ3v) is 3.67. The molecule has 0 aromatic heterocycles. The van der Waals surface area contributed by atoms with Crippen LogP contribution in [-0.4, -0.2) is 25.0 Å². The van der Waals surface area contributed by atoms with Crippen LogP contribution in [0.2, 0.25) is 0 Å². The zero-order valence-corrected chi connectivity index (χ0v) is 9.24. The fourth-order valence-corrected chi connectivity index (χ4v) is 2.60. The molecule has 5 heteroatoms. The zero-order chi connectivity index (χ0) is 12.0. The number of carbonyl (C=O) groups excluding carboxylic acids is 1. The highest BCUT2D eigenvalue weighted by Crippen LogP contribution is 2.43. The Morgan fingerprint density at radius 2 is 2.12 bits per heavy atom. The molecule has 2 fully saturated rings. The molecule has 1 aliphatic carbocycles. The van der Waals surface area contributed by atoms with Crippen LogP contribution >= 0.6 is 0 Å². The SMILES string of the molecule is NC(=O)c1ccc(NC2C3CNCC32)c(F)c1.